The molecule has 0 radical (unpaired) electrons. The highest BCUT2D eigenvalue weighted by Crippen LogP contribution is 2.29. The SMILES string of the molecule is C[N+]1(CC2CCCCCCC2)CCC(NC(=O)C(c2ccccc2)c2ccccc2)CC1.[I-]. The number of likely N-dealkylation sites (tertiary alicyclic amines) is 1. The first kappa shape index (κ1) is 26.2. The second-order valence-corrected chi connectivity index (χ2v) is 10.5. The number of rotatable bonds is 6. The van der Waals surface area contributed by atoms with Crippen molar-refractivity contribution in [2.75, 3.05) is 26.7 Å². The predicted octanol–water partition coefficient (Wildman–Crippen LogP) is 2.91. The number of carbonyl (C=O) groups excluding carboxylic acids is 1. The predicted molar refractivity (Wildman–Crippen MR) is 132 cm³/mol. The molecule has 2 aromatic rings. The first-order chi connectivity index (χ1) is 15.6. The molecule has 1 aliphatic heterocycles. The molecule has 1 saturated heterocycles. The van der Waals surface area contributed by atoms with Crippen LogP contribution in [-0.4, -0.2) is 43.1 Å². The Morgan fingerprint density at radius 2 is 1.30 bits per heavy atom. The van der Waals surface area contributed by atoms with Gasteiger partial charge in [-0.3, -0.25) is 4.79 Å². The number of quaternary nitrogens is 1. The second-order valence-electron chi connectivity index (χ2n) is 10.5. The van der Waals surface area contributed by atoms with Gasteiger partial charge in [-0.1, -0.05) is 92.8 Å². The lowest BCUT2D eigenvalue weighted by atomic mass is 9.88. The lowest BCUT2D eigenvalue weighted by Gasteiger charge is -2.43. The molecule has 0 unspecified atom stereocenters. The fourth-order valence-corrected chi connectivity index (χ4v) is 5.94. The van der Waals surface area contributed by atoms with Crippen LogP contribution in [0, 0.1) is 5.92 Å². The third kappa shape index (κ3) is 7.54. The van der Waals surface area contributed by atoms with Crippen LogP contribution in [0.15, 0.2) is 60.7 Å². The molecular formula is C29H41IN2O. The molecule has 3 nitrogen and oxygen atoms in total. The van der Waals surface area contributed by atoms with Crippen molar-refractivity contribution in [2.24, 2.45) is 5.92 Å². The molecule has 1 saturated carbocycles. The van der Waals surface area contributed by atoms with E-state index in [0.29, 0.717) is 6.04 Å². The number of nitrogens with one attached hydrogen (secondary N) is 1. The van der Waals surface area contributed by atoms with Gasteiger partial charge in [0.05, 0.1) is 32.6 Å². The van der Waals surface area contributed by atoms with Gasteiger partial charge in [0.25, 0.3) is 0 Å². The summed E-state index contributed by atoms with van der Waals surface area (Å²) in [6.07, 6.45) is 12.2. The minimum atomic E-state index is -0.241. The summed E-state index contributed by atoms with van der Waals surface area (Å²) < 4.78 is 1.19. The van der Waals surface area contributed by atoms with Crippen molar-refractivity contribution in [2.45, 2.75) is 69.7 Å². The summed E-state index contributed by atoms with van der Waals surface area (Å²) in [5.74, 6) is 0.797. The van der Waals surface area contributed by atoms with Crippen LogP contribution < -0.4 is 29.3 Å². The van der Waals surface area contributed by atoms with Gasteiger partial charge in [-0.05, 0) is 24.0 Å². The van der Waals surface area contributed by atoms with Crippen LogP contribution in [0.25, 0.3) is 0 Å². The van der Waals surface area contributed by atoms with Gasteiger partial charge in [0.2, 0.25) is 5.91 Å². The first-order valence-electron chi connectivity index (χ1n) is 12.9. The number of benzene rings is 2. The summed E-state index contributed by atoms with van der Waals surface area (Å²) in [5, 5.41) is 3.43. The molecule has 1 amide bonds. The van der Waals surface area contributed by atoms with Gasteiger partial charge in [0, 0.05) is 24.8 Å². The zero-order valence-electron chi connectivity index (χ0n) is 20.2. The van der Waals surface area contributed by atoms with Crippen molar-refractivity contribution in [3.63, 3.8) is 0 Å². The quantitative estimate of drug-likeness (QED) is 0.428. The molecule has 2 aromatic carbocycles. The van der Waals surface area contributed by atoms with Gasteiger partial charge < -0.3 is 33.8 Å². The molecule has 2 fully saturated rings. The fraction of sp³-hybridized carbons (Fsp3) is 0.552. The van der Waals surface area contributed by atoms with E-state index in [0.717, 1.165) is 29.9 Å². The first-order valence-corrected chi connectivity index (χ1v) is 12.9. The van der Waals surface area contributed by atoms with Crippen molar-refractivity contribution >= 4 is 5.91 Å². The third-order valence-electron chi connectivity index (χ3n) is 7.83. The summed E-state index contributed by atoms with van der Waals surface area (Å²) in [6.45, 7) is 3.70. The lowest BCUT2D eigenvalue weighted by molar-refractivity contribution is -0.917. The van der Waals surface area contributed by atoms with Crippen LogP contribution in [-0.2, 0) is 4.79 Å². The Kier molecular flexibility index (Phi) is 10.2. The molecule has 0 bridgehead atoms. The van der Waals surface area contributed by atoms with Gasteiger partial charge in [0.15, 0.2) is 0 Å². The van der Waals surface area contributed by atoms with Crippen LogP contribution in [0.1, 0.15) is 74.8 Å². The van der Waals surface area contributed by atoms with E-state index < -0.39 is 0 Å². The van der Waals surface area contributed by atoms with Crippen molar-refractivity contribution in [3.8, 4) is 0 Å². The Morgan fingerprint density at radius 1 is 0.818 bits per heavy atom. The van der Waals surface area contributed by atoms with Gasteiger partial charge in [-0.15, -0.1) is 0 Å². The molecule has 2 aliphatic rings. The van der Waals surface area contributed by atoms with Crippen molar-refractivity contribution in [3.05, 3.63) is 71.8 Å². The van der Waals surface area contributed by atoms with Gasteiger partial charge >= 0.3 is 0 Å². The zero-order chi connectivity index (χ0) is 22.2. The van der Waals surface area contributed by atoms with E-state index in [2.05, 4.69) is 36.6 Å². The molecule has 4 rings (SSSR count). The van der Waals surface area contributed by atoms with Crippen LogP contribution in [0.5, 0.6) is 0 Å². The maximum atomic E-state index is 13.4. The monoisotopic (exact) mass is 560 g/mol. The highest BCUT2D eigenvalue weighted by atomic mass is 127. The highest BCUT2D eigenvalue weighted by Gasteiger charge is 2.34. The Morgan fingerprint density at radius 3 is 1.82 bits per heavy atom. The average Bonchev–Trinajstić information content (AvgIpc) is 2.79. The number of halogens is 1. The molecule has 1 N–H and O–H groups in total. The molecule has 4 heteroatoms. The molecule has 0 spiro atoms. The largest absolute Gasteiger partial charge is 1.00 e. The summed E-state index contributed by atoms with van der Waals surface area (Å²) in [4.78, 5) is 13.4. The van der Waals surface area contributed by atoms with Crippen LogP contribution >= 0.6 is 0 Å². The Labute approximate surface area is 218 Å². The normalized spacial score (nSPS) is 24.4. The standard InChI is InChI=1S/C29H40N2O.HI/c1-31(23-24-13-7-3-2-4-8-14-24)21-19-27(20-22-31)30-29(32)28(25-15-9-5-10-16-25)26-17-11-6-12-18-26;/h5-6,9-12,15-18,24,27-28H,2-4,7-8,13-14,19-23H2,1H3;1H. The number of amides is 1. The minimum absolute atomic E-state index is 0. The maximum Gasteiger partial charge on any atom is 0.232 e. The van der Waals surface area contributed by atoms with Gasteiger partial charge in [0.1, 0.15) is 0 Å². The Bertz CT molecular complexity index is 786. The van der Waals surface area contributed by atoms with Crippen molar-refractivity contribution < 1.29 is 33.3 Å². The summed E-state index contributed by atoms with van der Waals surface area (Å²) >= 11 is 0. The maximum absolute atomic E-state index is 13.4. The summed E-state index contributed by atoms with van der Waals surface area (Å²) in [5.41, 5.74) is 2.13. The van der Waals surface area contributed by atoms with Crippen LogP contribution in [0.2, 0.25) is 0 Å². The van der Waals surface area contributed by atoms with E-state index >= 15 is 0 Å². The van der Waals surface area contributed by atoms with Crippen molar-refractivity contribution in [1.82, 2.24) is 5.32 Å². The fourth-order valence-electron chi connectivity index (χ4n) is 5.94. The number of piperidine rings is 1. The van der Waals surface area contributed by atoms with Crippen molar-refractivity contribution in [1.29, 1.82) is 0 Å². The summed E-state index contributed by atoms with van der Waals surface area (Å²) in [6, 6.07) is 20.7. The molecule has 1 heterocycles. The van der Waals surface area contributed by atoms with Crippen LogP contribution in [0.4, 0.5) is 0 Å². The number of nitrogens with zero attached hydrogens (tertiary/aromatic N) is 1. The third-order valence-corrected chi connectivity index (χ3v) is 7.83. The molecular weight excluding hydrogens is 519 g/mol. The number of hydrogen-bond donors (Lipinski definition) is 1. The van der Waals surface area contributed by atoms with E-state index in [1.54, 1.807) is 0 Å². The minimum Gasteiger partial charge on any atom is -1.00 e. The zero-order valence-corrected chi connectivity index (χ0v) is 22.4. The van der Waals surface area contributed by atoms with Gasteiger partial charge in [-0.25, -0.2) is 0 Å². The number of hydrogen-bond acceptors (Lipinski definition) is 1. The molecule has 0 atom stereocenters. The van der Waals surface area contributed by atoms with E-state index in [9.17, 15) is 4.79 Å². The second kappa shape index (κ2) is 12.9. The molecule has 33 heavy (non-hydrogen) atoms. The van der Waals surface area contributed by atoms with E-state index in [1.165, 1.54) is 69.1 Å². The summed E-state index contributed by atoms with van der Waals surface area (Å²) in [7, 11) is 2.45. The average molecular weight is 561 g/mol. The van der Waals surface area contributed by atoms with Gasteiger partial charge in [-0.2, -0.15) is 0 Å². The van der Waals surface area contributed by atoms with E-state index in [-0.39, 0.29) is 35.8 Å². The Hall–Kier alpha value is -1.40. The molecule has 180 valence electrons. The number of carbonyl (C=O) groups is 1. The van der Waals surface area contributed by atoms with E-state index in [1.807, 2.05) is 36.4 Å². The van der Waals surface area contributed by atoms with Crippen LogP contribution in [0.3, 0.4) is 0 Å². The molecule has 1 aliphatic carbocycles. The van der Waals surface area contributed by atoms with E-state index in [4.69, 9.17) is 0 Å². The lowest BCUT2D eigenvalue weighted by Crippen LogP contribution is -3.00. The molecule has 0 aromatic heterocycles. The Balaban J connectivity index is 0.00000306. The smallest absolute Gasteiger partial charge is 0.232 e. The highest BCUT2D eigenvalue weighted by molar-refractivity contribution is 5.87. The topological polar surface area (TPSA) is 29.1 Å².